The Kier molecular flexibility index (Phi) is 6.26. The van der Waals surface area contributed by atoms with Crippen molar-refractivity contribution in [2.75, 3.05) is 0 Å². The van der Waals surface area contributed by atoms with Gasteiger partial charge in [-0.1, -0.05) is 109 Å². The first kappa shape index (κ1) is 31.9. The van der Waals surface area contributed by atoms with Crippen molar-refractivity contribution in [2.24, 2.45) is 0 Å². The highest BCUT2D eigenvalue weighted by molar-refractivity contribution is 6.23. The molecule has 60 heavy (non-hydrogen) atoms. The number of fused-ring (bicyclic) bond motifs is 16. The molecule has 4 heteroatoms. The average molecular weight is 765 g/mol. The maximum atomic E-state index is 6.71. The molecule has 4 nitrogen and oxygen atoms in total. The van der Waals surface area contributed by atoms with Gasteiger partial charge in [-0.3, -0.25) is 0 Å². The lowest BCUT2D eigenvalue weighted by molar-refractivity contribution is 0.672. The van der Waals surface area contributed by atoms with Crippen LogP contribution in [-0.2, 0) is 0 Å². The first-order valence-electron chi connectivity index (χ1n) is 20.5. The predicted octanol–water partition coefficient (Wildman–Crippen LogP) is 15.7. The van der Waals surface area contributed by atoms with Crippen molar-refractivity contribution in [3.63, 3.8) is 0 Å². The third kappa shape index (κ3) is 4.34. The minimum absolute atomic E-state index is 0.891. The van der Waals surface area contributed by atoms with Crippen molar-refractivity contribution in [1.82, 2.24) is 9.13 Å². The van der Waals surface area contributed by atoms with Gasteiger partial charge in [0.2, 0.25) is 0 Å². The Hall–Kier alpha value is -8.08. The normalized spacial score (nSPS) is 12.3. The highest BCUT2D eigenvalue weighted by atomic mass is 16.3. The molecule has 0 spiro atoms. The van der Waals surface area contributed by atoms with Crippen LogP contribution in [0.15, 0.2) is 203 Å². The predicted molar refractivity (Wildman–Crippen MR) is 250 cm³/mol. The third-order valence-electron chi connectivity index (χ3n) is 12.9. The van der Waals surface area contributed by atoms with Gasteiger partial charge in [0.1, 0.15) is 22.3 Å². The first-order valence-corrected chi connectivity index (χ1v) is 20.5. The van der Waals surface area contributed by atoms with E-state index in [0.29, 0.717) is 0 Å². The van der Waals surface area contributed by atoms with E-state index in [2.05, 4.69) is 203 Å². The maximum absolute atomic E-state index is 6.71. The number of nitrogens with zero attached hydrogens (tertiary/aromatic N) is 2. The van der Waals surface area contributed by atoms with Crippen molar-refractivity contribution in [1.29, 1.82) is 0 Å². The van der Waals surface area contributed by atoms with Crippen LogP contribution < -0.4 is 0 Å². The van der Waals surface area contributed by atoms with Gasteiger partial charge >= 0.3 is 0 Å². The van der Waals surface area contributed by atoms with E-state index in [1.54, 1.807) is 0 Å². The van der Waals surface area contributed by atoms with Gasteiger partial charge < -0.3 is 18.0 Å². The van der Waals surface area contributed by atoms with Crippen LogP contribution in [0.2, 0.25) is 0 Å². The number of furan rings is 2. The molecule has 0 atom stereocenters. The van der Waals surface area contributed by atoms with Gasteiger partial charge in [-0.2, -0.15) is 0 Å². The topological polar surface area (TPSA) is 36.1 Å². The number of hydrogen-bond donors (Lipinski definition) is 0. The zero-order valence-electron chi connectivity index (χ0n) is 32.2. The molecule has 14 rings (SSSR count). The standard InChI is InChI=1S/C56H32N2O2/c1-3-13-37(14-4-1)57-49-25-21-35(27-43(49)45-29-47-41-23-19-33-11-7-9-17-39(33)55(41)59-53(47)31-51(45)57)36-22-26-50-44(28-36)46-30-48-42-24-20-34-12-8-10-18-40(34)56(42)60-54(48)32-52(46)58(50)38-15-5-2-6-16-38/h1-32H. The molecule has 0 bridgehead atoms. The fraction of sp³-hybridized carbons (Fsp3) is 0. The summed E-state index contributed by atoms with van der Waals surface area (Å²) >= 11 is 0. The van der Waals surface area contributed by atoms with Gasteiger partial charge in [0, 0.05) is 77.4 Å². The number of aromatic nitrogens is 2. The van der Waals surface area contributed by atoms with Gasteiger partial charge in [0.05, 0.1) is 22.1 Å². The summed E-state index contributed by atoms with van der Waals surface area (Å²) < 4.78 is 18.2. The van der Waals surface area contributed by atoms with Crippen LogP contribution >= 0.6 is 0 Å². The fourth-order valence-electron chi connectivity index (χ4n) is 10.1. The van der Waals surface area contributed by atoms with Crippen LogP contribution in [0, 0.1) is 0 Å². The summed E-state index contributed by atoms with van der Waals surface area (Å²) in [5.74, 6) is 0. The molecule has 0 saturated carbocycles. The van der Waals surface area contributed by atoms with E-state index < -0.39 is 0 Å². The molecule has 0 unspecified atom stereocenters. The van der Waals surface area contributed by atoms with E-state index in [0.717, 1.165) is 88.1 Å². The Balaban J connectivity index is 1.03. The SMILES string of the molecule is c1ccc(-n2c3ccc(-c4ccc5c(c4)c4cc6c(cc4n5-c4ccccc4)oc4c5ccccc5ccc64)cc3c3cc4c(cc32)oc2c3ccccc3ccc42)cc1. The van der Waals surface area contributed by atoms with Crippen LogP contribution in [0.1, 0.15) is 0 Å². The van der Waals surface area contributed by atoms with Crippen molar-refractivity contribution in [3.8, 4) is 22.5 Å². The second kappa shape index (κ2) is 11.8. The molecule has 0 saturated heterocycles. The quantitative estimate of drug-likeness (QED) is 0.180. The summed E-state index contributed by atoms with van der Waals surface area (Å²) in [5.41, 5.74) is 12.8. The van der Waals surface area contributed by atoms with E-state index in [1.807, 2.05) is 0 Å². The smallest absolute Gasteiger partial charge is 0.143 e. The number of rotatable bonds is 3. The Morgan fingerprint density at radius 3 is 1.15 bits per heavy atom. The van der Waals surface area contributed by atoms with Crippen molar-refractivity contribution < 1.29 is 8.83 Å². The zero-order chi connectivity index (χ0) is 39.1. The summed E-state index contributed by atoms with van der Waals surface area (Å²) in [6.45, 7) is 0. The zero-order valence-corrected chi connectivity index (χ0v) is 32.2. The van der Waals surface area contributed by atoms with Gasteiger partial charge in [-0.15, -0.1) is 0 Å². The molecule has 0 aliphatic rings. The van der Waals surface area contributed by atoms with Crippen LogP contribution in [-0.4, -0.2) is 9.13 Å². The fourth-order valence-corrected chi connectivity index (χ4v) is 10.1. The van der Waals surface area contributed by atoms with E-state index >= 15 is 0 Å². The van der Waals surface area contributed by atoms with E-state index in [4.69, 9.17) is 8.83 Å². The van der Waals surface area contributed by atoms with Gasteiger partial charge in [0.25, 0.3) is 0 Å². The first-order chi connectivity index (χ1) is 29.7. The van der Waals surface area contributed by atoms with Crippen LogP contribution in [0.4, 0.5) is 0 Å². The molecule has 4 aromatic heterocycles. The highest BCUT2D eigenvalue weighted by Gasteiger charge is 2.21. The van der Waals surface area contributed by atoms with Gasteiger partial charge in [0.15, 0.2) is 0 Å². The Labute approximate surface area is 342 Å². The molecule has 0 aliphatic heterocycles. The second-order valence-corrected chi connectivity index (χ2v) is 16.1. The molecule has 0 radical (unpaired) electrons. The number of hydrogen-bond acceptors (Lipinski definition) is 2. The van der Waals surface area contributed by atoms with Crippen LogP contribution in [0.5, 0.6) is 0 Å². The maximum Gasteiger partial charge on any atom is 0.143 e. The summed E-state index contributed by atoms with van der Waals surface area (Å²) in [6.07, 6.45) is 0. The van der Waals surface area contributed by atoms with E-state index in [-0.39, 0.29) is 0 Å². The molecule has 0 fully saturated rings. The second-order valence-electron chi connectivity index (χ2n) is 16.1. The van der Waals surface area contributed by atoms with Crippen molar-refractivity contribution >= 4 is 109 Å². The molecule has 4 heterocycles. The molecule has 278 valence electrons. The molecule has 0 aliphatic carbocycles. The lowest BCUT2D eigenvalue weighted by Crippen LogP contribution is -1.93. The average Bonchev–Trinajstić information content (AvgIpc) is 4.05. The highest BCUT2D eigenvalue weighted by Crippen LogP contribution is 2.44. The monoisotopic (exact) mass is 764 g/mol. The molecule has 0 N–H and O–H groups in total. The van der Waals surface area contributed by atoms with Gasteiger partial charge in [-0.05, 0) is 94.7 Å². The Bertz CT molecular complexity index is 3840. The summed E-state index contributed by atoms with van der Waals surface area (Å²) in [4.78, 5) is 0. The third-order valence-corrected chi connectivity index (χ3v) is 12.9. The minimum atomic E-state index is 0.891. The Morgan fingerprint density at radius 2 is 0.683 bits per heavy atom. The van der Waals surface area contributed by atoms with E-state index in [1.165, 1.54) is 43.4 Å². The largest absolute Gasteiger partial charge is 0.455 e. The minimum Gasteiger partial charge on any atom is -0.455 e. The summed E-state index contributed by atoms with van der Waals surface area (Å²) in [5, 5.41) is 13.9. The van der Waals surface area contributed by atoms with Crippen LogP contribution in [0.3, 0.4) is 0 Å². The van der Waals surface area contributed by atoms with Gasteiger partial charge in [-0.25, -0.2) is 0 Å². The summed E-state index contributed by atoms with van der Waals surface area (Å²) in [6, 6.07) is 70.1. The molecular formula is C56H32N2O2. The van der Waals surface area contributed by atoms with Crippen molar-refractivity contribution in [3.05, 3.63) is 194 Å². The molecular weight excluding hydrogens is 733 g/mol. The Morgan fingerprint density at radius 1 is 0.267 bits per heavy atom. The van der Waals surface area contributed by atoms with E-state index in [9.17, 15) is 0 Å². The number of benzene rings is 10. The lowest BCUT2D eigenvalue weighted by atomic mass is 9.99. The number of para-hydroxylation sites is 2. The van der Waals surface area contributed by atoms with Crippen LogP contribution in [0.25, 0.3) is 132 Å². The summed E-state index contributed by atoms with van der Waals surface area (Å²) in [7, 11) is 0. The molecule has 10 aromatic carbocycles. The molecule has 14 aromatic rings. The molecule has 0 amide bonds. The van der Waals surface area contributed by atoms with Crippen molar-refractivity contribution in [2.45, 2.75) is 0 Å². The lowest BCUT2D eigenvalue weighted by Gasteiger charge is -2.09.